The number of nitrogens with zero attached hydrogens (tertiary/aromatic N) is 4. The van der Waals surface area contributed by atoms with Gasteiger partial charge in [-0.05, 0) is 57.1 Å². The second-order valence-electron chi connectivity index (χ2n) is 9.27. The Morgan fingerprint density at radius 1 is 1.28 bits per heavy atom. The van der Waals surface area contributed by atoms with Crippen LogP contribution in [-0.4, -0.2) is 59.2 Å². The summed E-state index contributed by atoms with van der Waals surface area (Å²) in [6, 6.07) is 7.81. The predicted octanol–water partition coefficient (Wildman–Crippen LogP) is 5.13. The van der Waals surface area contributed by atoms with Crippen LogP contribution in [0, 0.1) is 5.82 Å². The van der Waals surface area contributed by atoms with Crippen LogP contribution in [0.3, 0.4) is 0 Å². The monoisotopic (exact) mass is 524 g/mol. The minimum Gasteiger partial charge on any atom is -0.462 e. The zero-order valence-corrected chi connectivity index (χ0v) is 21.4. The van der Waals surface area contributed by atoms with Crippen molar-refractivity contribution in [3.63, 3.8) is 0 Å². The van der Waals surface area contributed by atoms with E-state index in [2.05, 4.69) is 33.3 Å². The van der Waals surface area contributed by atoms with Gasteiger partial charge in [-0.1, -0.05) is 41.1 Å². The van der Waals surface area contributed by atoms with Crippen LogP contribution in [0.25, 0.3) is 37.8 Å². The van der Waals surface area contributed by atoms with E-state index in [0.29, 0.717) is 39.9 Å². The molecule has 2 aliphatic heterocycles. The highest BCUT2D eigenvalue weighted by atomic mass is 35.5. The number of thiazole rings is 1. The molecule has 1 fully saturated rings. The fourth-order valence-corrected chi connectivity index (χ4v) is 6.15. The Hall–Kier alpha value is -2.85. The van der Waals surface area contributed by atoms with E-state index in [1.54, 1.807) is 6.07 Å². The third kappa shape index (κ3) is 4.20. The number of likely N-dealkylation sites (tertiary alicyclic amines) is 1. The van der Waals surface area contributed by atoms with Gasteiger partial charge in [-0.3, -0.25) is 0 Å². The van der Waals surface area contributed by atoms with Crippen LogP contribution in [0.1, 0.15) is 25.0 Å². The molecular weight excluding hydrogens is 499 g/mol. The van der Waals surface area contributed by atoms with Crippen LogP contribution in [0.2, 0.25) is 5.02 Å². The lowest BCUT2D eigenvalue weighted by Crippen LogP contribution is -2.31. The topological polar surface area (TPSA) is 89.2 Å². The van der Waals surface area contributed by atoms with Gasteiger partial charge in [-0.15, -0.1) is 0 Å². The summed E-state index contributed by atoms with van der Waals surface area (Å²) in [5.74, 6) is -0.516. The standard InChI is InChI=1S/C26H26ClFN6OS/c1-34-11-3-4-15(34)13-35-26-32-22(14-7-9-30-10-8-14)17-12-18(27)20(21(28)24(17)33-26)16-5-2-6-19-23(16)31-25(29)36-19/h2,5-7,12,15,30H,3-4,8-11,13H2,1H3,(H2,29,31)/t15-/m0/s1. The summed E-state index contributed by atoms with van der Waals surface area (Å²) >= 11 is 8.10. The smallest absolute Gasteiger partial charge is 0.317 e. The number of nitrogen functional groups attached to an aromatic ring is 1. The SMILES string of the molecule is CN1CCC[C@H]1COc1nc(C2=CCNCC2)c2cc(Cl)c(-c3cccc4sc(N)nc34)c(F)c2n1. The number of fused-ring (bicyclic) bond motifs is 2. The van der Waals surface area contributed by atoms with Crippen LogP contribution < -0.4 is 15.8 Å². The first kappa shape index (κ1) is 23.5. The van der Waals surface area contributed by atoms with E-state index in [1.165, 1.54) is 11.3 Å². The fourth-order valence-electron chi connectivity index (χ4n) is 5.10. The molecule has 4 aromatic rings. The zero-order chi connectivity index (χ0) is 24.8. The molecule has 186 valence electrons. The maximum Gasteiger partial charge on any atom is 0.317 e. The van der Waals surface area contributed by atoms with Crippen molar-refractivity contribution in [3.05, 3.63) is 46.9 Å². The quantitative estimate of drug-likeness (QED) is 0.374. The Balaban J connectivity index is 1.52. The molecule has 4 heterocycles. The minimum atomic E-state index is -0.516. The lowest BCUT2D eigenvalue weighted by Gasteiger charge is -2.20. The molecule has 1 saturated heterocycles. The van der Waals surface area contributed by atoms with Gasteiger partial charge in [-0.25, -0.2) is 9.37 Å². The maximum atomic E-state index is 16.4. The lowest BCUT2D eigenvalue weighted by molar-refractivity contribution is 0.188. The van der Waals surface area contributed by atoms with Gasteiger partial charge in [0.2, 0.25) is 0 Å². The van der Waals surface area contributed by atoms with Gasteiger partial charge < -0.3 is 20.7 Å². The molecule has 6 rings (SSSR count). The van der Waals surface area contributed by atoms with Gasteiger partial charge in [0, 0.05) is 29.1 Å². The number of ether oxygens (including phenoxy) is 1. The Morgan fingerprint density at radius 3 is 2.94 bits per heavy atom. The summed E-state index contributed by atoms with van der Waals surface area (Å²) in [7, 11) is 2.09. The summed E-state index contributed by atoms with van der Waals surface area (Å²) in [5.41, 5.74) is 9.30. The Kier molecular flexibility index (Phi) is 6.25. The third-order valence-electron chi connectivity index (χ3n) is 7.01. The molecule has 0 bridgehead atoms. The largest absolute Gasteiger partial charge is 0.462 e. The summed E-state index contributed by atoms with van der Waals surface area (Å²) in [4.78, 5) is 16.0. The molecule has 0 spiro atoms. The van der Waals surface area contributed by atoms with Crippen LogP contribution in [0.15, 0.2) is 30.3 Å². The van der Waals surface area contributed by atoms with Crippen molar-refractivity contribution in [2.24, 2.45) is 0 Å². The summed E-state index contributed by atoms with van der Waals surface area (Å²) in [6.07, 6.45) is 5.05. The molecule has 2 aromatic heterocycles. The number of aromatic nitrogens is 3. The number of likely N-dealkylation sites (N-methyl/N-ethyl adjacent to an activating group) is 1. The molecule has 0 unspecified atom stereocenters. The van der Waals surface area contributed by atoms with Gasteiger partial charge >= 0.3 is 6.01 Å². The van der Waals surface area contributed by atoms with Gasteiger partial charge in [0.1, 0.15) is 12.1 Å². The van der Waals surface area contributed by atoms with Crippen LogP contribution in [0.5, 0.6) is 6.01 Å². The second kappa shape index (κ2) is 9.55. The normalized spacial score (nSPS) is 18.8. The second-order valence-corrected chi connectivity index (χ2v) is 10.7. The van der Waals surface area contributed by atoms with Crippen molar-refractivity contribution in [1.82, 2.24) is 25.2 Å². The Labute approximate surface area is 217 Å². The fraction of sp³-hybridized carbons (Fsp3) is 0.346. The van der Waals surface area contributed by atoms with Gasteiger partial charge in [0.15, 0.2) is 10.9 Å². The van der Waals surface area contributed by atoms with E-state index < -0.39 is 5.82 Å². The van der Waals surface area contributed by atoms with Crippen molar-refractivity contribution < 1.29 is 9.13 Å². The molecule has 2 aromatic carbocycles. The van der Waals surface area contributed by atoms with E-state index in [1.807, 2.05) is 18.2 Å². The van der Waals surface area contributed by atoms with E-state index >= 15 is 4.39 Å². The zero-order valence-electron chi connectivity index (χ0n) is 19.9. The van der Waals surface area contributed by atoms with Crippen LogP contribution in [0.4, 0.5) is 9.52 Å². The number of nitrogens with two attached hydrogens (primary N) is 1. The molecule has 0 aliphatic carbocycles. The highest BCUT2D eigenvalue weighted by Gasteiger charge is 2.25. The van der Waals surface area contributed by atoms with Crippen molar-refractivity contribution in [2.75, 3.05) is 39.0 Å². The molecule has 1 atom stereocenters. The third-order valence-corrected chi connectivity index (χ3v) is 8.16. The lowest BCUT2D eigenvalue weighted by atomic mass is 9.97. The number of hydrogen-bond donors (Lipinski definition) is 2. The number of para-hydroxylation sites is 1. The molecule has 7 nitrogen and oxygen atoms in total. The number of anilines is 1. The molecule has 36 heavy (non-hydrogen) atoms. The summed E-state index contributed by atoms with van der Waals surface area (Å²) in [6.45, 7) is 3.05. The molecule has 10 heteroatoms. The van der Waals surface area contributed by atoms with Crippen molar-refractivity contribution >= 4 is 54.8 Å². The van der Waals surface area contributed by atoms with E-state index in [4.69, 9.17) is 27.1 Å². The number of benzene rings is 2. The van der Waals surface area contributed by atoms with Crippen molar-refractivity contribution in [1.29, 1.82) is 0 Å². The van der Waals surface area contributed by atoms with Crippen LogP contribution >= 0.6 is 22.9 Å². The minimum absolute atomic E-state index is 0.181. The first-order chi connectivity index (χ1) is 17.5. The number of halogens is 2. The average Bonchev–Trinajstić information content (AvgIpc) is 3.47. The first-order valence-electron chi connectivity index (χ1n) is 12.1. The van der Waals surface area contributed by atoms with Gasteiger partial charge in [0.25, 0.3) is 0 Å². The van der Waals surface area contributed by atoms with Gasteiger partial charge in [0.05, 0.1) is 20.9 Å². The van der Waals surface area contributed by atoms with Crippen molar-refractivity contribution in [3.8, 4) is 17.1 Å². The number of rotatable bonds is 5. The maximum absolute atomic E-state index is 16.4. The van der Waals surface area contributed by atoms with E-state index in [0.717, 1.165) is 49.2 Å². The highest BCUT2D eigenvalue weighted by molar-refractivity contribution is 7.22. The highest BCUT2D eigenvalue weighted by Crippen LogP contribution is 2.41. The number of nitrogens with one attached hydrogen (secondary N) is 1. The first-order valence-corrected chi connectivity index (χ1v) is 13.3. The molecule has 2 aliphatic rings. The van der Waals surface area contributed by atoms with Crippen molar-refractivity contribution in [2.45, 2.75) is 25.3 Å². The molecule has 0 saturated carbocycles. The summed E-state index contributed by atoms with van der Waals surface area (Å²) < 4.78 is 23.3. The number of hydrogen-bond acceptors (Lipinski definition) is 8. The molecule has 0 radical (unpaired) electrons. The summed E-state index contributed by atoms with van der Waals surface area (Å²) in [5, 5.41) is 4.59. The van der Waals surface area contributed by atoms with Crippen LogP contribution in [-0.2, 0) is 0 Å². The molecule has 0 amide bonds. The molecule has 3 N–H and O–H groups in total. The molecular formula is C26H26ClFN6OS. The average molecular weight is 525 g/mol. The van der Waals surface area contributed by atoms with Gasteiger partial charge in [-0.2, -0.15) is 9.97 Å². The van der Waals surface area contributed by atoms with E-state index in [9.17, 15) is 0 Å². The Morgan fingerprint density at radius 2 is 2.17 bits per heavy atom. The predicted molar refractivity (Wildman–Crippen MR) is 144 cm³/mol. The van der Waals surface area contributed by atoms with E-state index in [-0.39, 0.29) is 22.1 Å². The Bertz CT molecular complexity index is 1510.